The Morgan fingerprint density at radius 1 is 1.21 bits per heavy atom. The predicted octanol–water partition coefficient (Wildman–Crippen LogP) is 4.17. The summed E-state index contributed by atoms with van der Waals surface area (Å²) < 4.78 is 0. The zero-order valence-electron chi connectivity index (χ0n) is 14.7. The molecule has 0 radical (unpaired) electrons. The number of nitrogens with one attached hydrogen (secondary N) is 2. The number of hydrogen-bond acceptors (Lipinski definition) is 4. The number of hydrogen-bond donors (Lipinski definition) is 2. The molecule has 0 aliphatic carbocycles. The number of nitrogens with zero attached hydrogens (tertiary/aromatic N) is 1. The van der Waals surface area contributed by atoms with Crippen molar-refractivity contribution in [1.29, 1.82) is 0 Å². The summed E-state index contributed by atoms with van der Waals surface area (Å²) in [5.41, 5.74) is 2.87. The number of carbonyl (C=O) groups excluding carboxylic acids is 2. The van der Waals surface area contributed by atoms with Gasteiger partial charge in [0.2, 0.25) is 5.91 Å². The van der Waals surface area contributed by atoms with Gasteiger partial charge in [0, 0.05) is 18.2 Å². The van der Waals surface area contributed by atoms with Crippen LogP contribution in [0.5, 0.6) is 0 Å². The van der Waals surface area contributed by atoms with E-state index in [1.807, 2.05) is 13.8 Å². The molecule has 2 N–H and O–H groups in total. The number of thiazole rings is 1. The number of anilines is 2. The number of carbonyl (C=O) groups is 2. The van der Waals surface area contributed by atoms with Crippen LogP contribution in [0.4, 0.5) is 10.7 Å². The van der Waals surface area contributed by atoms with Gasteiger partial charge in [0.25, 0.3) is 5.91 Å². The molecule has 0 fully saturated rings. The summed E-state index contributed by atoms with van der Waals surface area (Å²) in [6.07, 6.45) is 0.824. The van der Waals surface area contributed by atoms with Gasteiger partial charge in [-0.15, -0.1) is 11.3 Å². The van der Waals surface area contributed by atoms with Crippen molar-refractivity contribution in [1.82, 2.24) is 4.98 Å². The van der Waals surface area contributed by atoms with E-state index in [1.54, 1.807) is 18.2 Å². The molecule has 2 aromatic rings. The van der Waals surface area contributed by atoms with E-state index in [4.69, 9.17) is 0 Å². The molecule has 0 saturated heterocycles. The van der Waals surface area contributed by atoms with Gasteiger partial charge in [-0.25, -0.2) is 4.98 Å². The molecule has 0 aliphatic rings. The van der Waals surface area contributed by atoms with Crippen LogP contribution in [0.3, 0.4) is 0 Å². The lowest BCUT2D eigenvalue weighted by Crippen LogP contribution is -2.16. The van der Waals surface area contributed by atoms with E-state index < -0.39 is 0 Å². The van der Waals surface area contributed by atoms with Crippen LogP contribution in [0, 0.1) is 19.8 Å². The standard InChI is InChI=1S/C18H23N3O2S/c1-10(2)9-16-18(24-13(5)20-16)21-17(23)14-7-6-8-15(11(14)3)19-12(4)22/h6-8,10H,9H2,1-5H3,(H,19,22)(H,21,23). The highest BCUT2D eigenvalue weighted by molar-refractivity contribution is 7.16. The topological polar surface area (TPSA) is 71.1 Å². The summed E-state index contributed by atoms with van der Waals surface area (Å²) in [4.78, 5) is 28.5. The van der Waals surface area contributed by atoms with Gasteiger partial charge in [0.1, 0.15) is 5.00 Å². The summed E-state index contributed by atoms with van der Waals surface area (Å²) >= 11 is 1.49. The SMILES string of the molecule is CC(=O)Nc1cccc(C(=O)Nc2sc(C)nc2CC(C)C)c1C. The average molecular weight is 345 g/mol. The Balaban J connectivity index is 2.26. The van der Waals surface area contributed by atoms with Crippen LogP contribution in [0.2, 0.25) is 0 Å². The Kier molecular flexibility index (Phi) is 5.72. The second-order valence-corrected chi connectivity index (χ2v) is 7.42. The molecule has 0 aliphatic heterocycles. The van der Waals surface area contributed by atoms with Crippen LogP contribution in [0.15, 0.2) is 18.2 Å². The molecule has 0 saturated carbocycles. The molecule has 1 aromatic heterocycles. The van der Waals surface area contributed by atoms with Crippen LogP contribution in [0.1, 0.15) is 47.4 Å². The van der Waals surface area contributed by atoms with E-state index in [1.165, 1.54) is 18.3 Å². The third-order valence-corrected chi connectivity index (χ3v) is 4.45. The van der Waals surface area contributed by atoms with Gasteiger partial charge in [-0.05, 0) is 43.9 Å². The highest BCUT2D eigenvalue weighted by Crippen LogP contribution is 2.28. The molecule has 6 heteroatoms. The van der Waals surface area contributed by atoms with Crippen molar-refractivity contribution >= 4 is 33.8 Å². The minimum absolute atomic E-state index is 0.159. The molecule has 128 valence electrons. The van der Waals surface area contributed by atoms with E-state index in [0.29, 0.717) is 17.2 Å². The largest absolute Gasteiger partial charge is 0.326 e. The van der Waals surface area contributed by atoms with Crippen molar-refractivity contribution in [2.24, 2.45) is 5.92 Å². The Morgan fingerprint density at radius 3 is 2.54 bits per heavy atom. The van der Waals surface area contributed by atoms with Crippen LogP contribution in [-0.2, 0) is 11.2 Å². The normalized spacial score (nSPS) is 10.8. The van der Waals surface area contributed by atoms with Gasteiger partial charge in [-0.1, -0.05) is 19.9 Å². The van der Waals surface area contributed by atoms with Crippen molar-refractivity contribution in [2.45, 2.75) is 41.0 Å². The van der Waals surface area contributed by atoms with E-state index in [0.717, 1.165) is 27.7 Å². The van der Waals surface area contributed by atoms with Gasteiger partial charge in [-0.2, -0.15) is 0 Å². The molecule has 2 rings (SSSR count). The van der Waals surface area contributed by atoms with Crippen molar-refractivity contribution in [3.63, 3.8) is 0 Å². The molecular formula is C18H23N3O2S. The Labute approximate surface area is 146 Å². The summed E-state index contributed by atoms with van der Waals surface area (Å²) in [7, 11) is 0. The highest BCUT2D eigenvalue weighted by atomic mass is 32.1. The van der Waals surface area contributed by atoms with Crippen LogP contribution in [-0.4, -0.2) is 16.8 Å². The lowest BCUT2D eigenvalue weighted by atomic mass is 10.1. The van der Waals surface area contributed by atoms with E-state index in [9.17, 15) is 9.59 Å². The summed E-state index contributed by atoms with van der Waals surface area (Å²) in [6.45, 7) is 9.47. The second-order valence-electron chi connectivity index (χ2n) is 6.22. The fourth-order valence-electron chi connectivity index (χ4n) is 2.47. The third kappa shape index (κ3) is 4.41. The Morgan fingerprint density at radius 2 is 1.92 bits per heavy atom. The molecule has 0 atom stereocenters. The first-order valence-corrected chi connectivity index (χ1v) is 8.74. The van der Waals surface area contributed by atoms with Crippen molar-refractivity contribution in [3.8, 4) is 0 Å². The molecule has 1 aromatic carbocycles. The number of rotatable bonds is 5. The quantitative estimate of drug-likeness (QED) is 0.854. The van der Waals surface area contributed by atoms with Gasteiger partial charge in [0.05, 0.1) is 10.7 Å². The van der Waals surface area contributed by atoms with E-state index in [2.05, 4.69) is 29.5 Å². The highest BCUT2D eigenvalue weighted by Gasteiger charge is 2.17. The lowest BCUT2D eigenvalue weighted by Gasteiger charge is -2.12. The summed E-state index contributed by atoms with van der Waals surface area (Å²) in [6, 6.07) is 5.31. The first-order chi connectivity index (χ1) is 11.3. The maximum Gasteiger partial charge on any atom is 0.256 e. The maximum atomic E-state index is 12.7. The van der Waals surface area contributed by atoms with Gasteiger partial charge in [0.15, 0.2) is 0 Å². The molecule has 0 unspecified atom stereocenters. The van der Waals surface area contributed by atoms with Crippen LogP contribution in [0.25, 0.3) is 0 Å². The van der Waals surface area contributed by atoms with Crippen LogP contribution >= 0.6 is 11.3 Å². The smallest absolute Gasteiger partial charge is 0.256 e. The average Bonchev–Trinajstić information content (AvgIpc) is 2.79. The fourth-order valence-corrected chi connectivity index (χ4v) is 3.31. The number of aryl methyl sites for hydroxylation is 1. The van der Waals surface area contributed by atoms with Crippen molar-refractivity contribution < 1.29 is 9.59 Å². The fraction of sp³-hybridized carbons (Fsp3) is 0.389. The van der Waals surface area contributed by atoms with Crippen molar-refractivity contribution in [3.05, 3.63) is 40.0 Å². The number of amides is 2. The predicted molar refractivity (Wildman–Crippen MR) is 98.8 cm³/mol. The second kappa shape index (κ2) is 7.57. The molecule has 0 spiro atoms. The minimum Gasteiger partial charge on any atom is -0.326 e. The molecule has 2 amide bonds. The zero-order chi connectivity index (χ0) is 17.9. The van der Waals surface area contributed by atoms with E-state index >= 15 is 0 Å². The van der Waals surface area contributed by atoms with Crippen molar-refractivity contribution in [2.75, 3.05) is 10.6 Å². The molecular weight excluding hydrogens is 322 g/mol. The monoisotopic (exact) mass is 345 g/mol. The van der Waals surface area contributed by atoms with Gasteiger partial charge >= 0.3 is 0 Å². The summed E-state index contributed by atoms with van der Waals surface area (Å²) in [5.74, 6) is 0.119. The van der Waals surface area contributed by atoms with Gasteiger partial charge < -0.3 is 10.6 Å². The minimum atomic E-state index is -0.187. The summed E-state index contributed by atoms with van der Waals surface area (Å²) in [5, 5.41) is 7.46. The lowest BCUT2D eigenvalue weighted by molar-refractivity contribution is -0.114. The molecule has 5 nitrogen and oxygen atoms in total. The number of aromatic nitrogens is 1. The van der Waals surface area contributed by atoms with Crippen LogP contribution < -0.4 is 10.6 Å². The maximum absolute atomic E-state index is 12.7. The third-order valence-electron chi connectivity index (χ3n) is 3.52. The van der Waals surface area contributed by atoms with Gasteiger partial charge in [-0.3, -0.25) is 9.59 Å². The molecule has 24 heavy (non-hydrogen) atoms. The molecule has 0 bridgehead atoms. The number of benzene rings is 1. The molecule has 1 heterocycles. The first kappa shape index (κ1) is 18.1. The zero-order valence-corrected chi connectivity index (χ0v) is 15.5. The Bertz CT molecular complexity index is 766. The first-order valence-electron chi connectivity index (χ1n) is 7.92. The van der Waals surface area contributed by atoms with E-state index in [-0.39, 0.29) is 11.8 Å². The Hall–Kier alpha value is -2.21.